The van der Waals surface area contributed by atoms with E-state index in [0.29, 0.717) is 18.1 Å². The number of aliphatic hydroxyl groups is 1. The monoisotopic (exact) mass is 593 g/mol. The molecule has 1 aliphatic heterocycles. The van der Waals surface area contributed by atoms with Gasteiger partial charge in [0.15, 0.2) is 14.6 Å². The molecule has 2 N–H and O–H groups in total. The van der Waals surface area contributed by atoms with E-state index in [1.165, 1.54) is 22.3 Å². The summed E-state index contributed by atoms with van der Waals surface area (Å²) < 4.78 is 28.2. The van der Waals surface area contributed by atoms with Gasteiger partial charge in [0.1, 0.15) is 6.04 Å². The molecule has 4 rings (SSSR count). The summed E-state index contributed by atoms with van der Waals surface area (Å²) in [6, 6.07) is 9.20. The van der Waals surface area contributed by atoms with Crippen molar-refractivity contribution in [1.82, 2.24) is 19.7 Å². The maximum absolute atomic E-state index is 13.3. The van der Waals surface area contributed by atoms with Crippen LogP contribution >= 0.6 is 22.9 Å². The molecule has 0 radical (unpaired) electrons. The third-order valence-electron chi connectivity index (χ3n) is 6.81. The number of sulfone groups is 1. The van der Waals surface area contributed by atoms with Gasteiger partial charge in [0.05, 0.1) is 17.3 Å². The van der Waals surface area contributed by atoms with Crippen LogP contribution in [0, 0.1) is 0 Å². The van der Waals surface area contributed by atoms with Gasteiger partial charge in [0.2, 0.25) is 11.8 Å². The van der Waals surface area contributed by atoms with Crippen molar-refractivity contribution in [3.63, 3.8) is 0 Å². The van der Waals surface area contributed by atoms with Crippen molar-refractivity contribution in [3.05, 3.63) is 57.3 Å². The fraction of sp³-hybridized carbons (Fsp3) is 0.423. The Morgan fingerprint density at radius 1 is 1.18 bits per heavy atom. The number of halogens is 1. The number of aromatic nitrogens is 1. The molecule has 1 atom stereocenters. The van der Waals surface area contributed by atoms with E-state index in [1.807, 2.05) is 17.0 Å². The number of thiazole rings is 1. The molecule has 2 amide bonds. The predicted octanol–water partition coefficient (Wildman–Crippen LogP) is 1.41. The minimum absolute atomic E-state index is 0.0692. The van der Waals surface area contributed by atoms with Crippen LogP contribution in [-0.2, 0) is 33.0 Å². The van der Waals surface area contributed by atoms with Gasteiger partial charge in [0, 0.05) is 69.3 Å². The highest BCUT2D eigenvalue weighted by Gasteiger charge is 2.35. The van der Waals surface area contributed by atoms with Crippen molar-refractivity contribution in [2.24, 2.45) is 12.0 Å². The minimum atomic E-state index is -3.74. The van der Waals surface area contributed by atoms with E-state index in [0.717, 1.165) is 21.3 Å². The molecule has 3 aromatic rings. The number of hydrogen-bond donors (Lipinski definition) is 2. The number of benzene rings is 2. The standard InChI is InChI=1S/C26H32ClN5O5S2/c1-28-26-30(2)21(17-38-26)15-31-9-10-32(23(16-31)25(35)29-8-11-33)24(34)7-12-39(36,37)22-6-4-18-13-20(27)5-3-19(18)14-22/h3-6,13-14,17,23,33H,7-12,15-16H2,1-2H3,(H,29,35)/b28-26-. The number of carbonyl (C=O) groups excluding carboxylic acids is 2. The molecule has 2 aromatic carbocycles. The smallest absolute Gasteiger partial charge is 0.244 e. The SMILES string of the molecule is C/N=c1\scc(CN2CCN(C(=O)CCS(=O)(=O)c3ccc4cc(Cl)ccc4c3)C(C(=O)NCCO)C2)n1C. The molecule has 13 heteroatoms. The number of amides is 2. The van der Waals surface area contributed by atoms with Crippen molar-refractivity contribution in [1.29, 1.82) is 0 Å². The number of fused-ring (bicyclic) bond motifs is 1. The molecule has 39 heavy (non-hydrogen) atoms. The highest BCUT2D eigenvalue weighted by Crippen LogP contribution is 2.24. The summed E-state index contributed by atoms with van der Waals surface area (Å²) in [6.07, 6.45) is -0.244. The van der Waals surface area contributed by atoms with Gasteiger partial charge in [-0.1, -0.05) is 23.7 Å². The van der Waals surface area contributed by atoms with E-state index in [-0.39, 0.29) is 49.2 Å². The first-order valence-electron chi connectivity index (χ1n) is 12.5. The topological polar surface area (TPSA) is 124 Å². The van der Waals surface area contributed by atoms with Crippen molar-refractivity contribution >= 4 is 55.4 Å². The van der Waals surface area contributed by atoms with Gasteiger partial charge in [0.25, 0.3) is 0 Å². The first-order chi connectivity index (χ1) is 18.6. The number of piperazine rings is 1. The van der Waals surface area contributed by atoms with Gasteiger partial charge < -0.3 is 19.9 Å². The second kappa shape index (κ2) is 12.6. The summed E-state index contributed by atoms with van der Waals surface area (Å²) >= 11 is 7.56. The molecule has 2 heterocycles. The second-order valence-corrected chi connectivity index (χ2v) is 12.7. The molecule has 0 saturated carbocycles. The fourth-order valence-corrected chi connectivity index (χ4v) is 6.95. The summed E-state index contributed by atoms with van der Waals surface area (Å²) in [5.74, 6) is -1.15. The maximum atomic E-state index is 13.3. The van der Waals surface area contributed by atoms with E-state index in [4.69, 9.17) is 16.7 Å². The quantitative estimate of drug-likeness (QED) is 0.387. The van der Waals surface area contributed by atoms with Crippen LogP contribution in [0.3, 0.4) is 0 Å². The van der Waals surface area contributed by atoms with E-state index < -0.39 is 21.8 Å². The van der Waals surface area contributed by atoms with Crippen LogP contribution in [-0.4, -0.2) is 91.3 Å². The van der Waals surface area contributed by atoms with Gasteiger partial charge in [-0.3, -0.25) is 19.5 Å². The lowest BCUT2D eigenvalue weighted by Gasteiger charge is -2.40. The number of nitrogens with one attached hydrogen (secondary N) is 1. The van der Waals surface area contributed by atoms with Gasteiger partial charge in [-0.15, -0.1) is 11.3 Å². The molecule has 0 spiro atoms. The summed E-state index contributed by atoms with van der Waals surface area (Å²) in [7, 11) is -0.0701. The van der Waals surface area contributed by atoms with Crippen molar-refractivity contribution in [2.45, 2.75) is 23.9 Å². The fourth-order valence-electron chi connectivity index (χ4n) is 4.65. The maximum Gasteiger partial charge on any atom is 0.244 e. The lowest BCUT2D eigenvalue weighted by molar-refractivity contribution is -0.144. The first-order valence-corrected chi connectivity index (χ1v) is 15.4. The molecule has 10 nitrogen and oxygen atoms in total. The Morgan fingerprint density at radius 3 is 2.64 bits per heavy atom. The number of hydrogen-bond acceptors (Lipinski definition) is 8. The molecular formula is C26H32ClN5O5S2. The molecule has 1 aliphatic rings. The average molecular weight is 594 g/mol. The minimum Gasteiger partial charge on any atom is -0.395 e. The summed E-state index contributed by atoms with van der Waals surface area (Å²) in [5.41, 5.74) is 1.04. The van der Waals surface area contributed by atoms with Gasteiger partial charge in [-0.25, -0.2) is 8.42 Å². The van der Waals surface area contributed by atoms with E-state index in [1.54, 1.807) is 37.4 Å². The lowest BCUT2D eigenvalue weighted by atomic mass is 10.1. The van der Waals surface area contributed by atoms with E-state index >= 15 is 0 Å². The molecular weight excluding hydrogens is 562 g/mol. The van der Waals surface area contributed by atoms with Crippen molar-refractivity contribution in [3.8, 4) is 0 Å². The molecule has 1 aromatic heterocycles. The van der Waals surface area contributed by atoms with Crippen LogP contribution in [0.2, 0.25) is 5.02 Å². The average Bonchev–Trinajstić information content (AvgIpc) is 3.28. The Morgan fingerprint density at radius 2 is 1.92 bits per heavy atom. The summed E-state index contributed by atoms with van der Waals surface area (Å²) in [4.78, 5) is 35.0. The van der Waals surface area contributed by atoms with Crippen LogP contribution in [0.15, 0.2) is 51.7 Å². The van der Waals surface area contributed by atoms with E-state index in [2.05, 4.69) is 15.2 Å². The Bertz CT molecular complexity index is 1530. The van der Waals surface area contributed by atoms with Crippen LogP contribution < -0.4 is 10.1 Å². The van der Waals surface area contributed by atoms with Gasteiger partial charge >= 0.3 is 0 Å². The highest BCUT2D eigenvalue weighted by atomic mass is 35.5. The number of rotatable bonds is 9. The molecule has 1 fully saturated rings. The van der Waals surface area contributed by atoms with Crippen LogP contribution in [0.1, 0.15) is 12.1 Å². The Hall–Kier alpha value is -2.77. The normalized spacial score (nSPS) is 17.1. The van der Waals surface area contributed by atoms with Crippen LogP contribution in [0.5, 0.6) is 0 Å². The number of aliphatic hydroxyl groups excluding tert-OH is 1. The third kappa shape index (κ3) is 6.87. The van der Waals surface area contributed by atoms with Gasteiger partial charge in [-0.05, 0) is 35.0 Å². The first kappa shape index (κ1) is 29.2. The largest absolute Gasteiger partial charge is 0.395 e. The molecule has 0 bridgehead atoms. The second-order valence-electron chi connectivity index (χ2n) is 9.37. The Balaban J connectivity index is 1.46. The number of nitrogens with zero attached hydrogens (tertiary/aromatic N) is 4. The Kier molecular flexibility index (Phi) is 9.44. The molecule has 1 saturated heterocycles. The molecule has 210 valence electrons. The third-order valence-corrected chi connectivity index (χ3v) is 9.82. The summed E-state index contributed by atoms with van der Waals surface area (Å²) in [6.45, 7) is 1.53. The van der Waals surface area contributed by atoms with Gasteiger partial charge in [-0.2, -0.15) is 0 Å². The molecule has 1 unspecified atom stereocenters. The highest BCUT2D eigenvalue weighted by molar-refractivity contribution is 7.91. The van der Waals surface area contributed by atoms with Crippen molar-refractivity contribution in [2.75, 3.05) is 45.6 Å². The van der Waals surface area contributed by atoms with E-state index in [9.17, 15) is 18.0 Å². The number of carbonyl (C=O) groups is 2. The Labute approximate surface area is 236 Å². The summed E-state index contributed by atoms with van der Waals surface area (Å²) in [5, 5.41) is 16.0. The van der Waals surface area contributed by atoms with Crippen LogP contribution in [0.4, 0.5) is 0 Å². The molecule has 0 aliphatic carbocycles. The lowest BCUT2D eigenvalue weighted by Crippen LogP contribution is -2.60. The van der Waals surface area contributed by atoms with Crippen LogP contribution in [0.25, 0.3) is 10.8 Å². The zero-order chi connectivity index (χ0) is 28.2. The zero-order valence-corrected chi connectivity index (χ0v) is 24.2. The predicted molar refractivity (Wildman–Crippen MR) is 151 cm³/mol. The van der Waals surface area contributed by atoms with Crippen molar-refractivity contribution < 1.29 is 23.1 Å². The zero-order valence-electron chi connectivity index (χ0n) is 21.8.